The number of nitrogens with zero attached hydrogens (tertiary/aromatic N) is 6. The van der Waals surface area contributed by atoms with Gasteiger partial charge < -0.3 is 5.11 Å². The van der Waals surface area contributed by atoms with E-state index in [1.807, 2.05) is 11.8 Å². The summed E-state index contributed by atoms with van der Waals surface area (Å²) in [6, 6.07) is 2.73. The summed E-state index contributed by atoms with van der Waals surface area (Å²) >= 11 is 0. The van der Waals surface area contributed by atoms with Gasteiger partial charge in [0.25, 0.3) is 0 Å². The molecule has 28 heavy (non-hydrogen) atoms. The van der Waals surface area contributed by atoms with Crippen LogP contribution in [0.5, 0.6) is 0 Å². The molecule has 0 saturated heterocycles. The summed E-state index contributed by atoms with van der Waals surface area (Å²) in [7, 11) is 0. The molecular formula is C19H20F2N6O. The number of aliphatic hydroxyl groups is 1. The lowest BCUT2D eigenvalue weighted by Crippen LogP contribution is -2.53. The van der Waals surface area contributed by atoms with E-state index < -0.39 is 23.3 Å². The molecular weight excluding hydrogens is 366 g/mol. The van der Waals surface area contributed by atoms with Crippen LogP contribution in [-0.2, 0) is 25.1 Å². The lowest BCUT2D eigenvalue weighted by molar-refractivity contribution is -0.0679. The Morgan fingerprint density at radius 2 is 2.11 bits per heavy atom. The smallest absolute Gasteiger partial charge is 0.137 e. The van der Waals surface area contributed by atoms with Gasteiger partial charge in [-0.1, -0.05) is 6.07 Å². The molecule has 7 nitrogen and oxygen atoms in total. The van der Waals surface area contributed by atoms with Crippen LogP contribution in [0.2, 0.25) is 0 Å². The SMILES string of the molecule is C[C@H](N1CCc2ncncc2C1)[C@@](O)(Cn1cncn1)c1ccc(F)cc1F. The van der Waals surface area contributed by atoms with Gasteiger partial charge in [0.2, 0.25) is 0 Å². The molecule has 3 aromatic rings. The lowest BCUT2D eigenvalue weighted by atomic mass is 9.84. The molecule has 0 aliphatic carbocycles. The highest BCUT2D eigenvalue weighted by Gasteiger charge is 2.42. The highest BCUT2D eigenvalue weighted by Crippen LogP contribution is 2.34. The molecule has 9 heteroatoms. The number of hydrogen-bond acceptors (Lipinski definition) is 6. The van der Waals surface area contributed by atoms with Gasteiger partial charge in [-0.05, 0) is 13.0 Å². The normalized spacial score (nSPS) is 17.7. The van der Waals surface area contributed by atoms with Crippen molar-refractivity contribution in [2.75, 3.05) is 6.54 Å². The van der Waals surface area contributed by atoms with Crippen LogP contribution in [0.15, 0.2) is 43.4 Å². The summed E-state index contributed by atoms with van der Waals surface area (Å²) in [4.78, 5) is 14.3. The first-order chi connectivity index (χ1) is 13.5. The zero-order valence-corrected chi connectivity index (χ0v) is 15.3. The Kier molecular flexibility index (Phi) is 4.86. The van der Waals surface area contributed by atoms with E-state index >= 15 is 0 Å². The van der Waals surface area contributed by atoms with E-state index in [9.17, 15) is 13.9 Å². The Labute approximate surface area is 160 Å². The van der Waals surface area contributed by atoms with Gasteiger partial charge in [0.05, 0.1) is 6.54 Å². The largest absolute Gasteiger partial charge is 0.381 e. The minimum atomic E-state index is -1.65. The number of halogens is 2. The van der Waals surface area contributed by atoms with E-state index in [1.165, 1.54) is 29.7 Å². The second-order valence-corrected chi connectivity index (χ2v) is 7.03. The molecule has 1 aliphatic heterocycles. The van der Waals surface area contributed by atoms with Crippen molar-refractivity contribution in [2.24, 2.45) is 0 Å². The lowest BCUT2D eigenvalue weighted by Gasteiger charge is -2.43. The number of fused-ring (bicyclic) bond motifs is 1. The Morgan fingerprint density at radius 1 is 1.25 bits per heavy atom. The van der Waals surface area contributed by atoms with Gasteiger partial charge in [0, 0.05) is 54.6 Å². The van der Waals surface area contributed by atoms with Crippen molar-refractivity contribution in [2.45, 2.75) is 38.1 Å². The maximum atomic E-state index is 14.7. The predicted molar refractivity (Wildman–Crippen MR) is 95.9 cm³/mol. The Morgan fingerprint density at radius 3 is 2.86 bits per heavy atom. The summed E-state index contributed by atoms with van der Waals surface area (Å²) in [6.07, 6.45) is 6.79. The summed E-state index contributed by atoms with van der Waals surface area (Å²) in [6.45, 7) is 2.98. The monoisotopic (exact) mass is 386 g/mol. The number of aromatic nitrogens is 5. The fourth-order valence-corrected chi connectivity index (χ4v) is 3.77. The quantitative estimate of drug-likeness (QED) is 0.719. The van der Waals surface area contributed by atoms with Crippen LogP contribution in [0.4, 0.5) is 8.78 Å². The van der Waals surface area contributed by atoms with Crippen LogP contribution in [0, 0.1) is 11.6 Å². The van der Waals surface area contributed by atoms with Gasteiger partial charge >= 0.3 is 0 Å². The van der Waals surface area contributed by atoms with Crippen molar-refractivity contribution in [3.05, 3.63) is 71.8 Å². The Hall–Kier alpha value is -2.78. The molecule has 1 aromatic carbocycles. The zero-order chi connectivity index (χ0) is 19.7. The summed E-state index contributed by atoms with van der Waals surface area (Å²) in [5.41, 5.74) is 0.319. The topological polar surface area (TPSA) is 80.0 Å². The van der Waals surface area contributed by atoms with Gasteiger partial charge in [-0.15, -0.1) is 0 Å². The van der Waals surface area contributed by atoms with Crippen molar-refractivity contribution in [1.82, 2.24) is 29.6 Å². The average Bonchev–Trinajstić information content (AvgIpc) is 3.19. The van der Waals surface area contributed by atoms with Crippen molar-refractivity contribution < 1.29 is 13.9 Å². The number of benzene rings is 1. The third-order valence-corrected chi connectivity index (χ3v) is 5.40. The first-order valence-electron chi connectivity index (χ1n) is 8.99. The molecule has 0 spiro atoms. The molecule has 146 valence electrons. The predicted octanol–water partition coefficient (Wildman–Crippen LogP) is 1.68. The van der Waals surface area contributed by atoms with Gasteiger partial charge in [-0.3, -0.25) is 4.90 Å². The molecule has 1 aliphatic rings. The van der Waals surface area contributed by atoms with E-state index in [0.29, 0.717) is 19.5 Å². The molecule has 1 N–H and O–H groups in total. The summed E-state index contributed by atoms with van der Waals surface area (Å²) in [5.74, 6) is -1.49. The van der Waals surface area contributed by atoms with Crippen LogP contribution in [0.3, 0.4) is 0 Å². The van der Waals surface area contributed by atoms with Crippen LogP contribution in [-0.4, -0.2) is 47.3 Å². The molecule has 2 aromatic heterocycles. The third kappa shape index (κ3) is 3.38. The maximum absolute atomic E-state index is 14.7. The fraction of sp³-hybridized carbons (Fsp3) is 0.368. The Balaban J connectivity index is 1.70. The third-order valence-electron chi connectivity index (χ3n) is 5.40. The van der Waals surface area contributed by atoms with Crippen molar-refractivity contribution in [3.63, 3.8) is 0 Å². The van der Waals surface area contributed by atoms with E-state index in [4.69, 9.17) is 0 Å². The van der Waals surface area contributed by atoms with E-state index in [2.05, 4.69) is 20.1 Å². The molecule has 0 bridgehead atoms. The molecule has 0 amide bonds. The van der Waals surface area contributed by atoms with E-state index in [-0.39, 0.29) is 12.1 Å². The van der Waals surface area contributed by atoms with Gasteiger partial charge in [-0.25, -0.2) is 28.4 Å². The van der Waals surface area contributed by atoms with Crippen molar-refractivity contribution in [1.29, 1.82) is 0 Å². The molecule has 0 radical (unpaired) electrons. The molecule has 0 fully saturated rings. The van der Waals surface area contributed by atoms with Gasteiger partial charge in [0.15, 0.2) is 0 Å². The summed E-state index contributed by atoms with van der Waals surface area (Å²) in [5, 5.41) is 15.7. The highest BCUT2D eigenvalue weighted by atomic mass is 19.1. The molecule has 4 rings (SSSR count). The van der Waals surface area contributed by atoms with Crippen LogP contribution in [0.1, 0.15) is 23.7 Å². The molecule has 0 unspecified atom stereocenters. The van der Waals surface area contributed by atoms with Gasteiger partial charge in [0.1, 0.15) is 36.2 Å². The minimum Gasteiger partial charge on any atom is -0.381 e. The average molecular weight is 386 g/mol. The summed E-state index contributed by atoms with van der Waals surface area (Å²) < 4.78 is 29.6. The highest BCUT2D eigenvalue weighted by molar-refractivity contribution is 5.28. The van der Waals surface area contributed by atoms with Crippen LogP contribution < -0.4 is 0 Å². The second-order valence-electron chi connectivity index (χ2n) is 7.03. The van der Waals surface area contributed by atoms with Crippen LogP contribution >= 0.6 is 0 Å². The van der Waals surface area contributed by atoms with E-state index in [0.717, 1.165) is 23.4 Å². The Bertz CT molecular complexity index is 967. The standard InChI is InChI=1S/C19H20F2N6O/c1-13(26-5-4-18-14(8-26)7-22-10-24-18)19(28,9-27-12-23-11-25-27)16-3-2-15(20)6-17(16)21/h2-3,6-7,10-13,28H,4-5,8-9H2,1H3/t13-,19-/m0/s1. The van der Waals surface area contributed by atoms with Crippen molar-refractivity contribution >= 4 is 0 Å². The zero-order valence-electron chi connectivity index (χ0n) is 15.3. The number of rotatable bonds is 5. The first-order valence-corrected chi connectivity index (χ1v) is 8.99. The number of hydrogen-bond donors (Lipinski definition) is 1. The van der Waals surface area contributed by atoms with Crippen LogP contribution in [0.25, 0.3) is 0 Å². The van der Waals surface area contributed by atoms with Crippen molar-refractivity contribution in [3.8, 4) is 0 Å². The second kappa shape index (κ2) is 7.33. The molecule has 3 heterocycles. The maximum Gasteiger partial charge on any atom is 0.137 e. The fourth-order valence-electron chi connectivity index (χ4n) is 3.77. The van der Waals surface area contributed by atoms with E-state index in [1.54, 1.807) is 6.20 Å². The molecule has 0 saturated carbocycles. The van der Waals surface area contributed by atoms with Gasteiger partial charge in [-0.2, -0.15) is 5.10 Å². The first kappa shape index (κ1) is 18.6. The minimum absolute atomic E-state index is 0.0204. The molecule has 2 atom stereocenters.